The van der Waals surface area contributed by atoms with E-state index in [0.29, 0.717) is 29.6 Å². The van der Waals surface area contributed by atoms with Crippen LogP contribution in [-0.2, 0) is 6.54 Å². The van der Waals surface area contributed by atoms with Crippen molar-refractivity contribution >= 4 is 11.7 Å². The second kappa shape index (κ2) is 7.78. The molecule has 0 radical (unpaired) electrons. The summed E-state index contributed by atoms with van der Waals surface area (Å²) in [6.07, 6.45) is 3.06. The number of nitrogens with one attached hydrogen (secondary N) is 1. The van der Waals surface area contributed by atoms with Crippen LogP contribution >= 0.6 is 0 Å². The molecule has 6 nitrogen and oxygen atoms in total. The SMILES string of the molecule is CNC(=O)c1cc(C(=O)C[C@@H]2C[C@H]2C)cn(Cc2cccc(OC)c2)c1=O. The van der Waals surface area contributed by atoms with Crippen molar-refractivity contribution in [3.8, 4) is 5.75 Å². The largest absolute Gasteiger partial charge is 0.497 e. The highest BCUT2D eigenvalue weighted by Gasteiger charge is 2.34. The van der Waals surface area contributed by atoms with Gasteiger partial charge in [0, 0.05) is 25.2 Å². The Morgan fingerprint density at radius 1 is 1.30 bits per heavy atom. The van der Waals surface area contributed by atoms with E-state index in [0.717, 1.165) is 12.0 Å². The Hall–Kier alpha value is -2.89. The maximum Gasteiger partial charge on any atom is 0.263 e. The number of aromatic nitrogens is 1. The van der Waals surface area contributed by atoms with Crippen LogP contribution in [0, 0.1) is 11.8 Å². The van der Waals surface area contributed by atoms with E-state index in [1.807, 2.05) is 24.3 Å². The summed E-state index contributed by atoms with van der Waals surface area (Å²) < 4.78 is 6.64. The maximum atomic E-state index is 12.7. The van der Waals surface area contributed by atoms with E-state index in [2.05, 4.69) is 12.2 Å². The predicted octanol–water partition coefficient (Wildman–Crippen LogP) is 2.49. The summed E-state index contributed by atoms with van der Waals surface area (Å²) in [5, 5.41) is 2.47. The lowest BCUT2D eigenvalue weighted by Gasteiger charge is -2.12. The molecule has 1 aromatic carbocycles. The Bertz CT molecular complexity index is 932. The lowest BCUT2D eigenvalue weighted by Crippen LogP contribution is -2.32. The highest BCUT2D eigenvalue weighted by atomic mass is 16.5. The summed E-state index contributed by atoms with van der Waals surface area (Å²) in [7, 11) is 3.04. The van der Waals surface area contributed by atoms with Crippen LogP contribution in [0.1, 0.15) is 46.0 Å². The molecule has 2 aromatic rings. The first-order chi connectivity index (χ1) is 12.9. The van der Waals surface area contributed by atoms with Gasteiger partial charge in [-0.15, -0.1) is 0 Å². The van der Waals surface area contributed by atoms with Gasteiger partial charge in [-0.2, -0.15) is 0 Å². The van der Waals surface area contributed by atoms with Crippen molar-refractivity contribution in [2.45, 2.75) is 26.3 Å². The van der Waals surface area contributed by atoms with Crippen LogP contribution in [0.3, 0.4) is 0 Å². The highest BCUT2D eigenvalue weighted by Crippen LogP contribution is 2.41. The Kier molecular flexibility index (Phi) is 5.44. The fourth-order valence-corrected chi connectivity index (χ4v) is 3.21. The van der Waals surface area contributed by atoms with Crippen LogP contribution in [0.25, 0.3) is 0 Å². The maximum absolute atomic E-state index is 12.7. The molecule has 1 saturated carbocycles. The Morgan fingerprint density at radius 3 is 2.67 bits per heavy atom. The molecule has 1 fully saturated rings. The quantitative estimate of drug-likeness (QED) is 0.762. The lowest BCUT2D eigenvalue weighted by atomic mass is 10.0. The summed E-state index contributed by atoms with van der Waals surface area (Å²) >= 11 is 0. The van der Waals surface area contributed by atoms with E-state index < -0.39 is 11.5 Å². The third-order valence-corrected chi connectivity index (χ3v) is 5.09. The van der Waals surface area contributed by atoms with Crippen LogP contribution in [0.4, 0.5) is 0 Å². The number of pyridine rings is 1. The topological polar surface area (TPSA) is 77.4 Å². The number of hydrogen-bond acceptors (Lipinski definition) is 4. The molecule has 1 heterocycles. The van der Waals surface area contributed by atoms with E-state index in [9.17, 15) is 14.4 Å². The second-order valence-corrected chi connectivity index (χ2v) is 7.11. The monoisotopic (exact) mass is 368 g/mol. The van der Waals surface area contributed by atoms with Crippen molar-refractivity contribution in [1.82, 2.24) is 9.88 Å². The summed E-state index contributed by atoms with van der Waals surface area (Å²) in [4.78, 5) is 37.5. The Morgan fingerprint density at radius 2 is 2.04 bits per heavy atom. The molecule has 0 bridgehead atoms. The third-order valence-electron chi connectivity index (χ3n) is 5.09. The number of carbonyl (C=O) groups is 2. The van der Waals surface area contributed by atoms with Gasteiger partial charge in [0.15, 0.2) is 5.78 Å². The van der Waals surface area contributed by atoms with Crippen LogP contribution in [0.5, 0.6) is 5.75 Å². The number of carbonyl (C=O) groups excluding carboxylic acids is 2. The van der Waals surface area contributed by atoms with Gasteiger partial charge in [0.1, 0.15) is 11.3 Å². The van der Waals surface area contributed by atoms with Gasteiger partial charge in [-0.05, 0) is 42.0 Å². The molecule has 3 rings (SSSR count). The first-order valence-electron chi connectivity index (χ1n) is 9.05. The van der Waals surface area contributed by atoms with E-state index in [-0.39, 0.29) is 17.9 Å². The van der Waals surface area contributed by atoms with Gasteiger partial charge in [-0.3, -0.25) is 14.4 Å². The van der Waals surface area contributed by atoms with Crippen LogP contribution in [0.2, 0.25) is 0 Å². The van der Waals surface area contributed by atoms with Crippen LogP contribution < -0.4 is 15.6 Å². The number of methoxy groups -OCH3 is 1. The number of hydrogen-bond donors (Lipinski definition) is 1. The number of nitrogens with zero attached hydrogens (tertiary/aromatic N) is 1. The molecule has 6 heteroatoms. The minimum Gasteiger partial charge on any atom is -0.497 e. The van der Waals surface area contributed by atoms with Gasteiger partial charge in [0.25, 0.3) is 11.5 Å². The smallest absolute Gasteiger partial charge is 0.263 e. The summed E-state index contributed by atoms with van der Waals surface area (Å²) in [6.45, 7) is 2.37. The van der Waals surface area contributed by atoms with Crippen LogP contribution in [0.15, 0.2) is 41.3 Å². The zero-order chi connectivity index (χ0) is 19.6. The molecular formula is C21H24N2O4. The molecule has 142 valence electrons. The summed E-state index contributed by atoms with van der Waals surface area (Å²) in [6, 6.07) is 8.77. The van der Waals surface area contributed by atoms with Crippen molar-refractivity contribution in [3.05, 3.63) is 63.6 Å². The zero-order valence-corrected chi connectivity index (χ0v) is 15.8. The second-order valence-electron chi connectivity index (χ2n) is 7.11. The number of rotatable bonds is 7. The van der Waals surface area contributed by atoms with Crippen molar-refractivity contribution in [2.75, 3.05) is 14.2 Å². The molecular weight excluding hydrogens is 344 g/mol. The first-order valence-corrected chi connectivity index (χ1v) is 9.05. The van der Waals surface area contributed by atoms with Gasteiger partial charge in [-0.1, -0.05) is 19.1 Å². The third kappa shape index (κ3) is 4.27. The fraction of sp³-hybridized carbons (Fsp3) is 0.381. The van der Waals surface area contributed by atoms with Gasteiger partial charge in [0.05, 0.1) is 13.7 Å². The van der Waals surface area contributed by atoms with Gasteiger partial charge >= 0.3 is 0 Å². The van der Waals surface area contributed by atoms with Crippen LogP contribution in [-0.4, -0.2) is 30.4 Å². The van der Waals surface area contributed by atoms with Crippen molar-refractivity contribution in [1.29, 1.82) is 0 Å². The molecule has 2 atom stereocenters. The van der Waals surface area contributed by atoms with E-state index >= 15 is 0 Å². The molecule has 0 saturated heterocycles. The first kappa shape index (κ1) is 18.9. The van der Waals surface area contributed by atoms with Crippen molar-refractivity contribution in [2.24, 2.45) is 11.8 Å². The molecule has 0 unspecified atom stereocenters. The number of amides is 1. The molecule has 0 spiro atoms. The van der Waals surface area contributed by atoms with Crippen molar-refractivity contribution in [3.63, 3.8) is 0 Å². The molecule has 1 aliphatic rings. The molecule has 1 amide bonds. The minimum absolute atomic E-state index is 0.0184. The molecule has 1 N–H and O–H groups in total. The van der Waals surface area contributed by atoms with E-state index in [1.165, 1.54) is 17.7 Å². The number of ether oxygens (including phenoxy) is 1. The van der Waals surface area contributed by atoms with E-state index in [1.54, 1.807) is 13.3 Å². The lowest BCUT2D eigenvalue weighted by molar-refractivity contribution is 0.0961. The highest BCUT2D eigenvalue weighted by molar-refractivity contribution is 6.00. The Labute approximate surface area is 158 Å². The normalized spacial score (nSPS) is 18.0. The van der Waals surface area contributed by atoms with E-state index in [4.69, 9.17) is 4.74 Å². The number of ketones is 1. The van der Waals surface area contributed by atoms with Gasteiger partial charge in [-0.25, -0.2) is 0 Å². The van der Waals surface area contributed by atoms with Gasteiger partial charge < -0.3 is 14.6 Å². The molecule has 0 aliphatic heterocycles. The molecule has 27 heavy (non-hydrogen) atoms. The molecule has 1 aromatic heterocycles. The average Bonchev–Trinajstić information content (AvgIpc) is 3.37. The van der Waals surface area contributed by atoms with Crippen molar-refractivity contribution < 1.29 is 14.3 Å². The Balaban J connectivity index is 1.97. The number of benzene rings is 1. The average molecular weight is 368 g/mol. The van der Waals surface area contributed by atoms with Gasteiger partial charge in [0.2, 0.25) is 0 Å². The minimum atomic E-state index is -0.492. The standard InChI is InChI=1S/C21H24N2O4/c1-13-7-15(13)10-19(24)16-9-18(20(25)22-2)21(26)23(12-16)11-14-5-4-6-17(8-14)27-3/h4-6,8-9,12-13,15H,7,10-11H2,1-3H3,(H,22,25)/t13-,15+/m1/s1. The summed E-state index contributed by atoms with van der Waals surface area (Å²) in [5.74, 6) is 1.12. The molecule has 1 aliphatic carbocycles. The number of Topliss-reactive ketones (excluding diaryl/α,β-unsaturated/α-hetero) is 1. The fourth-order valence-electron chi connectivity index (χ4n) is 3.21. The predicted molar refractivity (Wildman–Crippen MR) is 102 cm³/mol. The zero-order valence-electron chi connectivity index (χ0n) is 15.8. The summed E-state index contributed by atoms with van der Waals surface area (Å²) in [5.41, 5.74) is 0.804.